The van der Waals surface area contributed by atoms with Crippen LogP contribution in [0.1, 0.15) is 40.2 Å². The summed E-state index contributed by atoms with van der Waals surface area (Å²) in [4.78, 5) is 2.50. The zero-order valence-corrected chi connectivity index (χ0v) is 10.9. The number of hydrogen-bond acceptors (Lipinski definition) is 1. The van der Waals surface area contributed by atoms with Gasteiger partial charge in [-0.05, 0) is 40.2 Å². The Labute approximate surface area is 98.8 Å². The van der Waals surface area contributed by atoms with E-state index in [1.54, 1.807) is 0 Å². The van der Waals surface area contributed by atoms with Gasteiger partial charge in [0.05, 0.1) is 6.04 Å². The summed E-state index contributed by atoms with van der Waals surface area (Å²) in [5, 5.41) is 0. The van der Waals surface area contributed by atoms with E-state index >= 15 is 0 Å². The van der Waals surface area contributed by atoms with Crippen LogP contribution in [-0.2, 0) is 0 Å². The molecular formula is C15H21N. The van der Waals surface area contributed by atoms with E-state index in [0.29, 0.717) is 6.04 Å². The predicted molar refractivity (Wildman–Crippen MR) is 70.1 cm³/mol. The van der Waals surface area contributed by atoms with Gasteiger partial charge in [-0.15, -0.1) is 0 Å². The number of nitrogens with zero attached hydrogens (tertiary/aromatic N) is 1. The second-order valence-electron chi connectivity index (χ2n) is 5.58. The molecule has 0 saturated heterocycles. The van der Waals surface area contributed by atoms with Crippen LogP contribution in [0.5, 0.6) is 0 Å². The van der Waals surface area contributed by atoms with Crippen molar-refractivity contribution in [1.82, 2.24) is 4.90 Å². The topological polar surface area (TPSA) is 3.24 Å². The lowest BCUT2D eigenvalue weighted by molar-refractivity contribution is 0.137. The third-order valence-electron chi connectivity index (χ3n) is 3.36. The van der Waals surface area contributed by atoms with Crippen LogP contribution in [0.25, 0.3) is 5.57 Å². The lowest BCUT2D eigenvalue weighted by Crippen LogP contribution is -2.52. The van der Waals surface area contributed by atoms with Crippen molar-refractivity contribution < 1.29 is 0 Å². The maximum atomic E-state index is 2.50. The Kier molecular flexibility index (Phi) is 2.57. The van der Waals surface area contributed by atoms with Gasteiger partial charge in [-0.25, -0.2) is 0 Å². The minimum Gasteiger partial charge on any atom is -0.363 e. The molecule has 0 spiro atoms. The van der Waals surface area contributed by atoms with Crippen molar-refractivity contribution in [1.29, 1.82) is 0 Å². The molecule has 0 saturated carbocycles. The van der Waals surface area contributed by atoms with Crippen LogP contribution in [0.15, 0.2) is 36.0 Å². The Morgan fingerprint density at radius 3 is 2.06 bits per heavy atom. The first kappa shape index (κ1) is 11.3. The number of allylic oxidation sites excluding steroid dienone is 1. The SMILES string of the molecule is CC1=C(c2ccccc2)C(C)N1C(C)(C)C. The van der Waals surface area contributed by atoms with Crippen LogP contribution in [0.2, 0.25) is 0 Å². The summed E-state index contributed by atoms with van der Waals surface area (Å²) in [6, 6.07) is 11.2. The molecule has 1 aromatic rings. The van der Waals surface area contributed by atoms with Crippen LogP contribution in [0.4, 0.5) is 0 Å². The van der Waals surface area contributed by atoms with Crippen LogP contribution < -0.4 is 0 Å². The van der Waals surface area contributed by atoms with Gasteiger partial charge < -0.3 is 4.90 Å². The quantitative estimate of drug-likeness (QED) is 0.686. The van der Waals surface area contributed by atoms with Crippen LogP contribution in [0, 0.1) is 0 Å². The highest BCUT2D eigenvalue weighted by atomic mass is 15.3. The standard InChI is InChI=1S/C15H21N/c1-11-14(13-9-7-6-8-10-13)12(2)16(11)15(3,4)5/h6-11H,1-5H3. The molecule has 0 amide bonds. The molecule has 2 rings (SSSR count). The fraction of sp³-hybridized carbons (Fsp3) is 0.467. The fourth-order valence-electron chi connectivity index (χ4n) is 2.94. The summed E-state index contributed by atoms with van der Waals surface area (Å²) >= 11 is 0. The normalized spacial score (nSPS) is 21.1. The molecule has 86 valence electrons. The van der Waals surface area contributed by atoms with Gasteiger partial charge in [0.1, 0.15) is 0 Å². The lowest BCUT2D eigenvalue weighted by atomic mass is 9.84. The zero-order valence-electron chi connectivity index (χ0n) is 10.9. The van der Waals surface area contributed by atoms with Crippen LogP contribution in [0.3, 0.4) is 0 Å². The lowest BCUT2D eigenvalue weighted by Gasteiger charge is -2.52. The molecule has 1 nitrogen and oxygen atoms in total. The van der Waals surface area contributed by atoms with Crippen LogP contribution in [-0.4, -0.2) is 16.5 Å². The van der Waals surface area contributed by atoms with Gasteiger partial charge in [0.2, 0.25) is 0 Å². The van der Waals surface area contributed by atoms with E-state index in [4.69, 9.17) is 0 Å². The molecule has 0 fully saturated rings. The third-order valence-corrected chi connectivity index (χ3v) is 3.36. The van der Waals surface area contributed by atoms with E-state index < -0.39 is 0 Å². The molecular weight excluding hydrogens is 194 g/mol. The zero-order chi connectivity index (χ0) is 11.9. The van der Waals surface area contributed by atoms with Gasteiger partial charge in [0, 0.05) is 16.8 Å². The molecule has 1 heteroatoms. The van der Waals surface area contributed by atoms with Gasteiger partial charge in [0.15, 0.2) is 0 Å². The van der Waals surface area contributed by atoms with E-state index in [1.165, 1.54) is 16.8 Å². The van der Waals surface area contributed by atoms with Crippen LogP contribution >= 0.6 is 0 Å². The van der Waals surface area contributed by atoms with Crippen molar-refractivity contribution in [2.75, 3.05) is 0 Å². The fourth-order valence-corrected chi connectivity index (χ4v) is 2.94. The van der Waals surface area contributed by atoms with Crippen molar-refractivity contribution in [2.24, 2.45) is 0 Å². The smallest absolute Gasteiger partial charge is 0.0539 e. The van der Waals surface area contributed by atoms with Crippen molar-refractivity contribution >= 4 is 5.57 Å². The molecule has 0 aromatic heterocycles. The minimum atomic E-state index is 0.224. The highest BCUT2D eigenvalue weighted by molar-refractivity contribution is 5.77. The van der Waals surface area contributed by atoms with E-state index in [-0.39, 0.29) is 5.54 Å². The monoisotopic (exact) mass is 215 g/mol. The van der Waals surface area contributed by atoms with Gasteiger partial charge in [-0.2, -0.15) is 0 Å². The summed E-state index contributed by atoms with van der Waals surface area (Å²) < 4.78 is 0. The van der Waals surface area contributed by atoms with E-state index in [1.807, 2.05) is 0 Å². The first-order valence-corrected chi connectivity index (χ1v) is 5.98. The van der Waals surface area contributed by atoms with Crippen molar-refractivity contribution in [2.45, 2.75) is 46.2 Å². The maximum Gasteiger partial charge on any atom is 0.0539 e. The molecule has 0 N–H and O–H groups in total. The maximum absolute atomic E-state index is 2.50. The molecule has 16 heavy (non-hydrogen) atoms. The van der Waals surface area contributed by atoms with Gasteiger partial charge in [-0.3, -0.25) is 0 Å². The number of hydrogen-bond donors (Lipinski definition) is 0. The first-order chi connectivity index (χ1) is 7.43. The first-order valence-electron chi connectivity index (χ1n) is 5.98. The Hall–Kier alpha value is -1.24. The Morgan fingerprint density at radius 2 is 1.62 bits per heavy atom. The van der Waals surface area contributed by atoms with E-state index in [2.05, 4.69) is 69.9 Å². The summed E-state index contributed by atoms with van der Waals surface area (Å²) in [6.45, 7) is 11.3. The second-order valence-corrected chi connectivity index (χ2v) is 5.58. The molecule has 1 aliphatic heterocycles. The van der Waals surface area contributed by atoms with E-state index in [0.717, 1.165) is 0 Å². The second kappa shape index (κ2) is 3.65. The molecule has 1 heterocycles. The summed E-state index contributed by atoms with van der Waals surface area (Å²) in [7, 11) is 0. The Bertz CT molecular complexity index is 409. The van der Waals surface area contributed by atoms with Crippen molar-refractivity contribution in [3.05, 3.63) is 41.6 Å². The average Bonchev–Trinajstić information content (AvgIpc) is 2.17. The number of benzene rings is 1. The van der Waals surface area contributed by atoms with Gasteiger partial charge in [0.25, 0.3) is 0 Å². The third kappa shape index (κ3) is 1.64. The predicted octanol–water partition coefficient (Wildman–Crippen LogP) is 3.92. The summed E-state index contributed by atoms with van der Waals surface area (Å²) in [6.07, 6.45) is 0. The minimum absolute atomic E-state index is 0.224. The number of rotatable bonds is 1. The van der Waals surface area contributed by atoms with Crippen molar-refractivity contribution in [3.8, 4) is 0 Å². The highest BCUT2D eigenvalue weighted by Gasteiger charge is 2.38. The molecule has 0 aliphatic carbocycles. The van der Waals surface area contributed by atoms with Gasteiger partial charge in [-0.1, -0.05) is 30.3 Å². The molecule has 0 radical (unpaired) electrons. The Morgan fingerprint density at radius 1 is 1.06 bits per heavy atom. The average molecular weight is 215 g/mol. The molecule has 1 aromatic carbocycles. The van der Waals surface area contributed by atoms with Crippen molar-refractivity contribution in [3.63, 3.8) is 0 Å². The summed E-state index contributed by atoms with van der Waals surface area (Å²) in [5.41, 5.74) is 4.51. The Balaban J connectivity index is 2.36. The molecule has 1 unspecified atom stereocenters. The highest BCUT2D eigenvalue weighted by Crippen LogP contribution is 2.42. The molecule has 1 atom stereocenters. The molecule has 1 aliphatic rings. The van der Waals surface area contributed by atoms with Gasteiger partial charge >= 0.3 is 0 Å². The van der Waals surface area contributed by atoms with E-state index in [9.17, 15) is 0 Å². The largest absolute Gasteiger partial charge is 0.363 e. The molecule has 0 bridgehead atoms. The summed E-state index contributed by atoms with van der Waals surface area (Å²) in [5.74, 6) is 0.